The topological polar surface area (TPSA) is 64.3 Å². The Morgan fingerprint density at radius 3 is 2.53 bits per heavy atom. The van der Waals surface area contributed by atoms with Crippen molar-refractivity contribution in [2.75, 3.05) is 13.7 Å². The highest BCUT2D eigenvalue weighted by Gasteiger charge is 2.15. The highest BCUT2D eigenvalue weighted by molar-refractivity contribution is 5.78. The van der Waals surface area contributed by atoms with Crippen LogP contribution in [0.25, 0.3) is 0 Å². The smallest absolute Gasteiger partial charge is 0.224 e. The second-order valence-electron chi connectivity index (χ2n) is 5.00. The number of benzene rings is 1. The summed E-state index contributed by atoms with van der Waals surface area (Å²) in [6.07, 6.45) is 0. The van der Waals surface area contributed by atoms with Crippen LogP contribution in [-0.4, -0.2) is 19.6 Å². The van der Waals surface area contributed by atoms with Crippen molar-refractivity contribution in [1.82, 2.24) is 5.32 Å². The SMILES string of the molecule is COc1c(C)c(C)cc(C)c1CNC(=O)C(C)CN. The summed E-state index contributed by atoms with van der Waals surface area (Å²) in [4.78, 5) is 11.8. The maximum atomic E-state index is 11.8. The average molecular weight is 264 g/mol. The number of carbonyl (C=O) groups excluding carboxylic acids is 1. The number of aryl methyl sites for hydroxylation is 2. The summed E-state index contributed by atoms with van der Waals surface area (Å²) < 4.78 is 5.48. The van der Waals surface area contributed by atoms with E-state index in [1.54, 1.807) is 7.11 Å². The van der Waals surface area contributed by atoms with Crippen molar-refractivity contribution in [2.24, 2.45) is 11.7 Å². The van der Waals surface area contributed by atoms with E-state index in [4.69, 9.17) is 10.5 Å². The lowest BCUT2D eigenvalue weighted by Crippen LogP contribution is -2.33. The number of rotatable bonds is 5. The molecule has 0 fully saturated rings. The maximum Gasteiger partial charge on any atom is 0.224 e. The highest BCUT2D eigenvalue weighted by Crippen LogP contribution is 2.29. The molecule has 106 valence electrons. The molecule has 0 aliphatic carbocycles. The van der Waals surface area contributed by atoms with Crippen molar-refractivity contribution < 1.29 is 9.53 Å². The number of methoxy groups -OCH3 is 1. The molecule has 4 nitrogen and oxygen atoms in total. The van der Waals surface area contributed by atoms with Crippen LogP contribution in [0.1, 0.15) is 29.2 Å². The van der Waals surface area contributed by atoms with Gasteiger partial charge in [-0.1, -0.05) is 13.0 Å². The second-order valence-corrected chi connectivity index (χ2v) is 5.00. The summed E-state index contributed by atoms with van der Waals surface area (Å²) in [6, 6.07) is 2.12. The average Bonchev–Trinajstić information content (AvgIpc) is 2.39. The number of nitrogens with two attached hydrogens (primary N) is 1. The second kappa shape index (κ2) is 6.57. The van der Waals surface area contributed by atoms with Crippen LogP contribution in [0, 0.1) is 26.7 Å². The lowest BCUT2D eigenvalue weighted by atomic mass is 9.98. The van der Waals surface area contributed by atoms with Crippen molar-refractivity contribution in [2.45, 2.75) is 34.2 Å². The number of hydrogen-bond donors (Lipinski definition) is 2. The number of amides is 1. The quantitative estimate of drug-likeness (QED) is 0.852. The molecule has 4 heteroatoms. The first-order valence-electron chi connectivity index (χ1n) is 6.53. The molecule has 0 aliphatic rings. The van der Waals surface area contributed by atoms with Gasteiger partial charge in [-0.3, -0.25) is 4.79 Å². The Morgan fingerprint density at radius 2 is 2.00 bits per heavy atom. The van der Waals surface area contributed by atoms with Crippen LogP contribution >= 0.6 is 0 Å². The predicted molar refractivity (Wildman–Crippen MR) is 77.3 cm³/mol. The van der Waals surface area contributed by atoms with Gasteiger partial charge < -0.3 is 15.8 Å². The van der Waals surface area contributed by atoms with Gasteiger partial charge in [-0.2, -0.15) is 0 Å². The Morgan fingerprint density at radius 1 is 1.37 bits per heavy atom. The van der Waals surface area contributed by atoms with Crippen molar-refractivity contribution in [3.8, 4) is 5.75 Å². The van der Waals surface area contributed by atoms with Crippen LogP contribution < -0.4 is 15.8 Å². The van der Waals surface area contributed by atoms with E-state index >= 15 is 0 Å². The number of carbonyl (C=O) groups is 1. The zero-order valence-electron chi connectivity index (χ0n) is 12.5. The van der Waals surface area contributed by atoms with Crippen LogP contribution in [-0.2, 0) is 11.3 Å². The van der Waals surface area contributed by atoms with Crippen molar-refractivity contribution in [3.05, 3.63) is 28.3 Å². The maximum absolute atomic E-state index is 11.8. The van der Waals surface area contributed by atoms with E-state index in [0.717, 1.165) is 22.4 Å². The molecule has 1 amide bonds. The lowest BCUT2D eigenvalue weighted by Gasteiger charge is -2.18. The normalized spacial score (nSPS) is 12.1. The van der Waals surface area contributed by atoms with Gasteiger partial charge in [0.05, 0.1) is 7.11 Å². The lowest BCUT2D eigenvalue weighted by molar-refractivity contribution is -0.124. The van der Waals surface area contributed by atoms with Gasteiger partial charge >= 0.3 is 0 Å². The first-order chi connectivity index (χ1) is 8.92. The van der Waals surface area contributed by atoms with Crippen molar-refractivity contribution in [1.29, 1.82) is 0 Å². The fourth-order valence-electron chi connectivity index (χ4n) is 2.06. The summed E-state index contributed by atoms with van der Waals surface area (Å²) in [6.45, 7) is 8.77. The molecule has 0 bridgehead atoms. The Kier molecular flexibility index (Phi) is 5.36. The Balaban J connectivity index is 2.95. The van der Waals surface area contributed by atoms with Crippen LogP contribution in [0.5, 0.6) is 5.75 Å². The van der Waals surface area contributed by atoms with Gasteiger partial charge in [-0.25, -0.2) is 0 Å². The van der Waals surface area contributed by atoms with E-state index in [0.29, 0.717) is 13.1 Å². The van der Waals surface area contributed by atoms with Gasteiger partial charge in [-0.05, 0) is 37.5 Å². The third kappa shape index (κ3) is 3.47. The Bertz CT molecular complexity index is 470. The van der Waals surface area contributed by atoms with E-state index in [1.807, 2.05) is 20.8 Å². The van der Waals surface area contributed by atoms with E-state index in [1.165, 1.54) is 5.56 Å². The highest BCUT2D eigenvalue weighted by atomic mass is 16.5. The summed E-state index contributed by atoms with van der Waals surface area (Å²) in [5.41, 5.74) is 9.95. The zero-order valence-corrected chi connectivity index (χ0v) is 12.5. The largest absolute Gasteiger partial charge is 0.496 e. The zero-order chi connectivity index (χ0) is 14.6. The van der Waals surface area contributed by atoms with Crippen LogP contribution in [0.15, 0.2) is 6.07 Å². The van der Waals surface area contributed by atoms with Gasteiger partial charge in [-0.15, -0.1) is 0 Å². The molecule has 0 aromatic heterocycles. The minimum absolute atomic E-state index is 0.0258. The summed E-state index contributed by atoms with van der Waals surface area (Å²) in [5.74, 6) is 0.665. The van der Waals surface area contributed by atoms with Gasteiger partial charge in [0.1, 0.15) is 5.75 Å². The molecule has 0 heterocycles. The Hall–Kier alpha value is -1.55. The van der Waals surface area contributed by atoms with Crippen molar-refractivity contribution in [3.63, 3.8) is 0 Å². The monoisotopic (exact) mass is 264 g/mol. The molecule has 1 atom stereocenters. The first-order valence-corrected chi connectivity index (χ1v) is 6.53. The number of ether oxygens (including phenoxy) is 1. The molecule has 0 spiro atoms. The van der Waals surface area contributed by atoms with Crippen LogP contribution in [0.3, 0.4) is 0 Å². The third-order valence-electron chi connectivity index (χ3n) is 3.56. The summed E-state index contributed by atoms with van der Waals surface area (Å²) >= 11 is 0. The minimum Gasteiger partial charge on any atom is -0.496 e. The van der Waals surface area contributed by atoms with E-state index < -0.39 is 0 Å². The van der Waals surface area contributed by atoms with Gasteiger partial charge in [0.2, 0.25) is 5.91 Å². The predicted octanol–water partition coefficient (Wildman–Crippen LogP) is 1.83. The van der Waals surface area contributed by atoms with E-state index in [-0.39, 0.29) is 11.8 Å². The standard InChI is InChI=1S/C15H24N2O2/c1-9-6-10(2)13(14(19-5)12(9)4)8-17-15(18)11(3)7-16/h6,11H,7-8,16H2,1-5H3,(H,17,18). The molecule has 3 N–H and O–H groups in total. The van der Waals surface area contributed by atoms with E-state index in [2.05, 4.69) is 18.3 Å². The molecule has 1 unspecified atom stereocenters. The van der Waals surface area contributed by atoms with Gasteiger partial charge in [0, 0.05) is 24.6 Å². The molecule has 19 heavy (non-hydrogen) atoms. The molecule has 0 aliphatic heterocycles. The molecule has 1 rings (SSSR count). The molecule has 0 saturated carbocycles. The molecular formula is C15H24N2O2. The summed E-state index contributed by atoms with van der Waals surface area (Å²) in [5, 5.41) is 2.91. The molecular weight excluding hydrogens is 240 g/mol. The molecule has 0 saturated heterocycles. The first kappa shape index (κ1) is 15.5. The van der Waals surface area contributed by atoms with E-state index in [9.17, 15) is 4.79 Å². The minimum atomic E-state index is -0.169. The van der Waals surface area contributed by atoms with Gasteiger partial charge in [0.25, 0.3) is 0 Å². The fraction of sp³-hybridized carbons (Fsp3) is 0.533. The third-order valence-corrected chi connectivity index (χ3v) is 3.56. The number of nitrogens with one attached hydrogen (secondary N) is 1. The molecule has 0 radical (unpaired) electrons. The number of hydrogen-bond acceptors (Lipinski definition) is 3. The molecule has 1 aromatic rings. The molecule has 1 aromatic carbocycles. The van der Waals surface area contributed by atoms with Crippen molar-refractivity contribution >= 4 is 5.91 Å². The fourth-order valence-corrected chi connectivity index (χ4v) is 2.06. The van der Waals surface area contributed by atoms with Gasteiger partial charge in [0.15, 0.2) is 0 Å². The summed E-state index contributed by atoms with van der Waals surface area (Å²) in [7, 11) is 1.66. The van der Waals surface area contributed by atoms with Crippen LogP contribution in [0.4, 0.5) is 0 Å². The van der Waals surface area contributed by atoms with Crippen LogP contribution in [0.2, 0.25) is 0 Å². The Labute approximate surface area is 115 Å².